The number of hydrogen-bond acceptors (Lipinski definition) is 3. The third-order valence-electron chi connectivity index (χ3n) is 4.86. The van der Waals surface area contributed by atoms with Crippen LogP contribution in [-0.2, 0) is 10.2 Å². The van der Waals surface area contributed by atoms with Crippen LogP contribution < -0.4 is 10.6 Å². The van der Waals surface area contributed by atoms with Gasteiger partial charge < -0.3 is 15.4 Å². The molecule has 154 valence electrons. The van der Waals surface area contributed by atoms with E-state index in [0.717, 1.165) is 64.9 Å². The first-order valence-corrected chi connectivity index (χ1v) is 9.91. The van der Waals surface area contributed by atoms with Gasteiger partial charge in [0.25, 0.3) is 0 Å². The number of nitrogens with zero attached hydrogens (tertiary/aromatic N) is 2. The molecule has 2 rings (SSSR count). The SMILES string of the molecule is CCNC(=NCC(C)(C)c1ccc(C)cc1)NCCCN1CCOCC1.I. The van der Waals surface area contributed by atoms with Gasteiger partial charge in [0.05, 0.1) is 19.8 Å². The van der Waals surface area contributed by atoms with Crippen molar-refractivity contribution in [3.8, 4) is 0 Å². The lowest BCUT2D eigenvalue weighted by Gasteiger charge is -2.26. The summed E-state index contributed by atoms with van der Waals surface area (Å²) in [7, 11) is 0. The highest BCUT2D eigenvalue weighted by molar-refractivity contribution is 14.0. The summed E-state index contributed by atoms with van der Waals surface area (Å²) in [4.78, 5) is 7.30. The van der Waals surface area contributed by atoms with Gasteiger partial charge in [0, 0.05) is 31.6 Å². The van der Waals surface area contributed by atoms with Crippen LogP contribution in [0.4, 0.5) is 0 Å². The number of ether oxygens (including phenoxy) is 1. The molecule has 27 heavy (non-hydrogen) atoms. The Morgan fingerprint density at radius 1 is 1.15 bits per heavy atom. The quantitative estimate of drug-likeness (QED) is 0.256. The molecule has 1 aromatic carbocycles. The highest BCUT2D eigenvalue weighted by atomic mass is 127. The molecule has 1 fully saturated rings. The van der Waals surface area contributed by atoms with Crippen molar-refractivity contribution in [2.75, 3.05) is 52.5 Å². The van der Waals surface area contributed by atoms with Gasteiger partial charge in [-0.1, -0.05) is 43.7 Å². The van der Waals surface area contributed by atoms with Crippen LogP contribution in [-0.4, -0.2) is 63.3 Å². The maximum Gasteiger partial charge on any atom is 0.191 e. The minimum absolute atomic E-state index is 0. The number of rotatable bonds is 8. The van der Waals surface area contributed by atoms with Gasteiger partial charge in [0.1, 0.15) is 0 Å². The minimum Gasteiger partial charge on any atom is -0.379 e. The number of halogens is 1. The largest absolute Gasteiger partial charge is 0.379 e. The van der Waals surface area contributed by atoms with Crippen molar-refractivity contribution in [1.29, 1.82) is 0 Å². The second kappa shape index (κ2) is 12.6. The molecular weight excluding hydrogens is 451 g/mol. The zero-order chi connectivity index (χ0) is 18.8. The highest BCUT2D eigenvalue weighted by Crippen LogP contribution is 2.23. The molecule has 1 saturated heterocycles. The lowest BCUT2D eigenvalue weighted by molar-refractivity contribution is 0.0376. The molecule has 0 aromatic heterocycles. The van der Waals surface area contributed by atoms with Crippen LogP contribution in [0.15, 0.2) is 29.3 Å². The minimum atomic E-state index is 0. The predicted octanol–water partition coefficient (Wildman–Crippen LogP) is 3.17. The third-order valence-corrected chi connectivity index (χ3v) is 4.86. The van der Waals surface area contributed by atoms with Gasteiger partial charge in [-0.3, -0.25) is 9.89 Å². The lowest BCUT2D eigenvalue weighted by atomic mass is 9.84. The van der Waals surface area contributed by atoms with Crippen molar-refractivity contribution in [1.82, 2.24) is 15.5 Å². The average molecular weight is 488 g/mol. The Balaban J connectivity index is 0.00000364. The summed E-state index contributed by atoms with van der Waals surface area (Å²) in [5, 5.41) is 6.83. The standard InChI is InChI=1S/C21H36N4O.HI/c1-5-22-20(23-11-6-12-25-13-15-26-16-14-25)24-17-21(3,4)19-9-7-18(2)8-10-19;/h7-10H,5-6,11-17H2,1-4H3,(H2,22,23,24);1H. The summed E-state index contributed by atoms with van der Waals surface area (Å²) < 4.78 is 5.40. The van der Waals surface area contributed by atoms with Crippen molar-refractivity contribution in [2.45, 2.75) is 39.5 Å². The summed E-state index contributed by atoms with van der Waals surface area (Å²) in [6, 6.07) is 8.78. The van der Waals surface area contributed by atoms with E-state index in [-0.39, 0.29) is 29.4 Å². The van der Waals surface area contributed by atoms with Gasteiger partial charge in [-0.05, 0) is 32.4 Å². The first-order chi connectivity index (χ1) is 12.5. The van der Waals surface area contributed by atoms with Crippen LogP contribution >= 0.6 is 24.0 Å². The smallest absolute Gasteiger partial charge is 0.191 e. The van der Waals surface area contributed by atoms with Crippen LogP contribution in [0.1, 0.15) is 38.3 Å². The molecule has 1 aromatic rings. The van der Waals surface area contributed by atoms with Crippen LogP contribution in [0.2, 0.25) is 0 Å². The molecule has 1 heterocycles. The Hall–Kier alpha value is -0.860. The maximum atomic E-state index is 5.40. The molecule has 2 N–H and O–H groups in total. The second-order valence-corrected chi connectivity index (χ2v) is 7.68. The second-order valence-electron chi connectivity index (χ2n) is 7.68. The van der Waals surface area contributed by atoms with Gasteiger partial charge >= 0.3 is 0 Å². The van der Waals surface area contributed by atoms with E-state index in [1.807, 2.05) is 0 Å². The van der Waals surface area contributed by atoms with Crippen molar-refractivity contribution >= 4 is 29.9 Å². The van der Waals surface area contributed by atoms with E-state index in [9.17, 15) is 0 Å². The Morgan fingerprint density at radius 2 is 1.81 bits per heavy atom. The predicted molar refractivity (Wildman–Crippen MR) is 125 cm³/mol. The van der Waals surface area contributed by atoms with Crippen LogP contribution in [0, 0.1) is 6.92 Å². The van der Waals surface area contributed by atoms with Crippen molar-refractivity contribution in [3.05, 3.63) is 35.4 Å². The topological polar surface area (TPSA) is 48.9 Å². The van der Waals surface area contributed by atoms with Crippen molar-refractivity contribution in [2.24, 2.45) is 4.99 Å². The Kier molecular flexibility index (Phi) is 11.3. The summed E-state index contributed by atoms with van der Waals surface area (Å²) in [6.45, 7) is 16.3. The third kappa shape index (κ3) is 8.79. The average Bonchev–Trinajstić information content (AvgIpc) is 2.64. The van der Waals surface area contributed by atoms with Crippen molar-refractivity contribution in [3.63, 3.8) is 0 Å². The number of morpholine rings is 1. The highest BCUT2D eigenvalue weighted by Gasteiger charge is 2.20. The Bertz CT molecular complexity index is 554. The van der Waals surface area contributed by atoms with E-state index < -0.39 is 0 Å². The van der Waals surface area contributed by atoms with E-state index in [1.165, 1.54) is 11.1 Å². The molecule has 0 saturated carbocycles. The monoisotopic (exact) mass is 488 g/mol. The van der Waals surface area contributed by atoms with Crippen molar-refractivity contribution < 1.29 is 4.74 Å². The van der Waals surface area contributed by atoms with Crippen LogP contribution in [0.25, 0.3) is 0 Å². The molecule has 0 aliphatic carbocycles. The van der Waals surface area contributed by atoms with E-state index in [1.54, 1.807) is 0 Å². The first-order valence-electron chi connectivity index (χ1n) is 9.91. The number of benzene rings is 1. The first kappa shape index (κ1) is 24.2. The summed E-state index contributed by atoms with van der Waals surface area (Å²) in [6.07, 6.45) is 1.12. The van der Waals surface area contributed by atoms with Gasteiger partial charge in [0.2, 0.25) is 0 Å². The molecule has 0 atom stereocenters. The molecule has 0 bridgehead atoms. The molecule has 0 spiro atoms. The van der Waals surface area contributed by atoms with Gasteiger partial charge in [-0.15, -0.1) is 24.0 Å². The summed E-state index contributed by atoms with van der Waals surface area (Å²) in [5.74, 6) is 0.912. The van der Waals surface area contributed by atoms with Crippen LogP contribution in [0.5, 0.6) is 0 Å². The van der Waals surface area contributed by atoms with E-state index >= 15 is 0 Å². The fraction of sp³-hybridized carbons (Fsp3) is 0.667. The zero-order valence-corrected chi connectivity index (χ0v) is 19.7. The molecule has 5 nitrogen and oxygen atoms in total. The number of aryl methyl sites for hydroxylation is 1. The number of hydrogen-bond donors (Lipinski definition) is 2. The van der Waals surface area contributed by atoms with E-state index in [0.29, 0.717) is 0 Å². The number of aliphatic imine (C=N–C) groups is 1. The molecule has 0 radical (unpaired) electrons. The molecular formula is C21H37IN4O. The Labute approximate surface area is 182 Å². The van der Waals surface area contributed by atoms with E-state index in [4.69, 9.17) is 9.73 Å². The molecule has 0 amide bonds. The Morgan fingerprint density at radius 3 is 2.44 bits per heavy atom. The molecule has 6 heteroatoms. The molecule has 0 unspecified atom stereocenters. The summed E-state index contributed by atoms with van der Waals surface area (Å²) in [5.41, 5.74) is 2.64. The molecule has 1 aliphatic rings. The fourth-order valence-electron chi connectivity index (χ4n) is 3.05. The number of nitrogens with one attached hydrogen (secondary N) is 2. The fourth-order valence-corrected chi connectivity index (χ4v) is 3.05. The molecule has 1 aliphatic heterocycles. The van der Waals surface area contributed by atoms with Gasteiger partial charge in [0.15, 0.2) is 5.96 Å². The van der Waals surface area contributed by atoms with Gasteiger partial charge in [-0.2, -0.15) is 0 Å². The normalized spacial score (nSPS) is 15.9. The summed E-state index contributed by atoms with van der Waals surface area (Å²) >= 11 is 0. The number of guanidine groups is 1. The maximum absolute atomic E-state index is 5.40. The zero-order valence-electron chi connectivity index (χ0n) is 17.4. The van der Waals surface area contributed by atoms with Gasteiger partial charge in [-0.25, -0.2) is 0 Å². The van der Waals surface area contributed by atoms with Crippen LogP contribution in [0.3, 0.4) is 0 Å². The lowest BCUT2D eigenvalue weighted by Crippen LogP contribution is -2.41. The van der Waals surface area contributed by atoms with E-state index in [2.05, 4.69) is 67.5 Å².